The smallest absolute Gasteiger partial charge is 0.315 e. The molecule has 3 atom stereocenters. The first-order valence-electron chi connectivity index (χ1n) is 8.27. The summed E-state index contributed by atoms with van der Waals surface area (Å²) >= 11 is -1.24. The molecule has 8 heteroatoms. The molecule has 0 aromatic heterocycles. The topological polar surface area (TPSA) is 101 Å². The first-order valence-corrected chi connectivity index (χ1v) is 9.37. The molecule has 1 aromatic carbocycles. The zero-order valence-corrected chi connectivity index (χ0v) is 15.6. The summed E-state index contributed by atoms with van der Waals surface area (Å²) in [6, 6.07) is 9.04. The van der Waals surface area contributed by atoms with Crippen LogP contribution in [0.15, 0.2) is 35.4 Å². The Morgan fingerprint density at radius 3 is 2.60 bits per heavy atom. The molecule has 7 nitrogen and oxygen atoms in total. The van der Waals surface area contributed by atoms with Crippen LogP contribution in [0.1, 0.15) is 39.2 Å². The van der Waals surface area contributed by atoms with Crippen molar-refractivity contribution in [2.75, 3.05) is 6.54 Å². The molecule has 1 aromatic rings. The summed E-state index contributed by atoms with van der Waals surface area (Å²) in [7, 11) is 0. The Balaban J connectivity index is 2.08. The van der Waals surface area contributed by atoms with Crippen molar-refractivity contribution in [3.05, 3.63) is 46.3 Å². The lowest BCUT2D eigenvalue weighted by Gasteiger charge is -2.35. The molecule has 136 valence electrons. The molecular formula is C17H24N4O3S. The Morgan fingerprint density at radius 1 is 1.36 bits per heavy atom. The lowest BCUT2D eigenvalue weighted by molar-refractivity contribution is -0.156. The van der Waals surface area contributed by atoms with Gasteiger partial charge in [0.25, 0.3) is 0 Å². The number of esters is 1. The molecular weight excluding hydrogens is 340 g/mol. The summed E-state index contributed by atoms with van der Waals surface area (Å²) in [5.74, 6) is -0.504. The van der Waals surface area contributed by atoms with E-state index in [0.717, 1.165) is 5.56 Å². The van der Waals surface area contributed by atoms with Crippen molar-refractivity contribution < 1.29 is 14.1 Å². The highest BCUT2D eigenvalue weighted by Gasteiger charge is 2.37. The van der Waals surface area contributed by atoms with Crippen LogP contribution in [0.3, 0.4) is 0 Å². The molecule has 2 rings (SSSR count). The number of cyclic esters (lactones) is 1. The van der Waals surface area contributed by atoms with Gasteiger partial charge in [0.2, 0.25) is 0 Å². The molecule has 0 amide bonds. The third kappa shape index (κ3) is 5.64. The number of benzene rings is 1. The van der Waals surface area contributed by atoms with Crippen LogP contribution in [-0.4, -0.2) is 38.3 Å². The summed E-state index contributed by atoms with van der Waals surface area (Å²) in [5, 5.41) is 3.45. The van der Waals surface area contributed by atoms with Crippen LogP contribution in [0.4, 0.5) is 0 Å². The number of carbonyl (C=O) groups excluding carboxylic acids is 1. The van der Waals surface area contributed by atoms with Crippen molar-refractivity contribution in [2.45, 2.75) is 57.1 Å². The summed E-state index contributed by atoms with van der Waals surface area (Å²) in [5.41, 5.74) is 9.53. The highest BCUT2D eigenvalue weighted by molar-refractivity contribution is 7.90. The zero-order valence-electron chi connectivity index (χ0n) is 14.8. The van der Waals surface area contributed by atoms with Crippen molar-refractivity contribution in [3.8, 4) is 0 Å². The number of azide groups is 1. The van der Waals surface area contributed by atoms with Gasteiger partial charge in [-0.3, -0.25) is 4.79 Å². The second-order valence-electron chi connectivity index (χ2n) is 7.03. The molecule has 1 saturated heterocycles. The molecule has 1 aliphatic rings. The van der Waals surface area contributed by atoms with Crippen LogP contribution in [0.5, 0.6) is 0 Å². The Hall–Kier alpha value is -1.73. The molecule has 1 fully saturated rings. The molecule has 25 heavy (non-hydrogen) atoms. The van der Waals surface area contributed by atoms with Gasteiger partial charge in [0.15, 0.2) is 0 Å². The van der Waals surface area contributed by atoms with Gasteiger partial charge < -0.3 is 9.29 Å². The number of rotatable bonds is 6. The maximum absolute atomic E-state index is 12.9. The van der Waals surface area contributed by atoms with E-state index in [2.05, 4.69) is 10.0 Å². The molecule has 0 bridgehead atoms. The maximum atomic E-state index is 12.9. The van der Waals surface area contributed by atoms with Gasteiger partial charge in [-0.25, -0.2) is 0 Å². The fourth-order valence-electron chi connectivity index (χ4n) is 2.65. The van der Waals surface area contributed by atoms with Crippen molar-refractivity contribution in [1.29, 1.82) is 0 Å². The van der Waals surface area contributed by atoms with E-state index in [9.17, 15) is 9.35 Å². The van der Waals surface area contributed by atoms with Crippen LogP contribution in [0, 0.1) is 0 Å². The summed E-state index contributed by atoms with van der Waals surface area (Å²) in [6.45, 7) is 6.66. The van der Waals surface area contributed by atoms with Gasteiger partial charge in [0.05, 0.1) is 13.1 Å². The lowest BCUT2D eigenvalue weighted by Crippen LogP contribution is -2.48. The quantitative estimate of drug-likeness (QED) is 0.254. The molecule has 0 aliphatic carbocycles. The van der Waals surface area contributed by atoms with Gasteiger partial charge in [0.1, 0.15) is 16.9 Å². The average molecular weight is 364 g/mol. The maximum Gasteiger partial charge on any atom is 0.315 e. The highest BCUT2D eigenvalue weighted by Crippen LogP contribution is 2.25. The molecule has 0 saturated carbocycles. The SMILES string of the molecule is CC(C)(C)[S@@+]([O-])N(Cc1ccccc1)C[C@@H]1CC[C@@H](N=[N+]=[N-])C(=O)O1. The minimum Gasteiger partial charge on any atom is -0.597 e. The fourth-order valence-corrected chi connectivity index (χ4v) is 3.99. The van der Waals surface area contributed by atoms with Gasteiger partial charge in [-0.05, 0) is 44.7 Å². The Morgan fingerprint density at radius 2 is 2.04 bits per heavy atom. The van der Waals surface area contributed by atoms with Crippen molar-refractivity contribution in [3.63, 3.8) is 0 Å². The largest absolute Gasteiger partial charge is 0.597 e. The monoisotopic (exact) mass is 364 g/mol. The normalized spacial score (nSPS) is 22.2. The van der Waals surface area contributed by atoms with E-state index in [-0.39, 0.29) is 6.10 Å². The molecule has 0 N–H and O–H groups in total. The predicted molar refractivity (Wildman–Crippen MR) is 96.8 cm³/mol. The Labute approximate surface area is 151 Å². The molecule has 1 aliphatic heterocycles. The average Bonchev–Trinajstić information content (AvgIpc) is 2.56. The minimum absolute atomic E-state index is 0.354. The highest BCUT2D eigenvalue weighted by atomic mass is 32.2. The van der Waals surface area contributed by atoms with Crippen molar-refractivity contribution >= 4 is 17.3 Å². The van der Waals surface area contributed by atoms with E-state index in [1.807, 2.05) is 55.4 Å². The third-order valence-electron chi connectivity index (χ3n) is 3.88. The molecule has 0 unspecified atom stereocenters. The first kappa shape index (κ1) is 19.6. The van der Waals surface area contributed by atoms with Gasteiger partial charge in [-0.1, -0.05) is 35.4 Å². The van der Waals surface area contributed by atoms with Gasteiger partial charge in [-0.2, -0.15) is 0 Å². The minimum atomic E-state index is -1.24. The van der Waals surface area contributed by atoms with Crippen LogP contribution in [0.25, 0.3) is 10.4 Å². The Kier molecular flexibility index (Phi) is 6.72. The van der Waals surface area contributed by atoms with Gasteiger partial charge >= 0.3 is 5.97 Å². The number of hydrogen-bond donors (Lipinski definition) is 0. The second kappa shape index (κ2) is 8.58. The van der Waals surface area contributed by atoms with E-state index in [1.54, 1.807) is 0 Å². The van der Waals surface area contributed by atoms with E-state index >= 15 is 0 Å². The molecule has 0 radical (unpaired) electrons. The van der Waals surface area contributed by atoms with Crippen LogP contribution in [-0.2, 0) is 27.4 Å². The predicted octanol–water partition coefficient (Wildman–Crippen LogP) is 3.34. The van der Waals surface area contributed by atoms with E-state index < -0.39 is 28.1 Å². The number of nitrogens with zero attached hydrogens (tertiary/aromatic N) is 4. The number of carbonyl (C=O) groups is 1. The fraction of sp³-hybridized carbons (Fsp3) is 0.588. The van der Waals surface area contributed by atoms with Gasteiger partial charge in [0, 0.05) is 16.3 Å². The second-order valence-corrected chi connectivity index (χ2v) is 9.27. The zero-order chi connectivity index (χ0) is 18.4. The van der Waals surface area contributed by atoms with Crippen molar-refractivity contribution in [2.24, 2.45) is 5.11 Å². The summed E-state index contributed by atoms with van der Waals surface area (Å²) < 4.78 is 19.8. The molecule has 1 heterocycles. The number of hydrogen-bond acceptors (Lipinski definition) is 5. The lowest BCUT2D eigenvalue weighted by atomic mass is 10.0. The standard InChI is InChI=1S/C17H24N4O3S/c1-17(2,3)25(23)21(11-13-7-5-4-6-8-13)12-14-9-10-15(19-20-18)16(22)24-14/h4-8,14-15H,9-12H2,1-3H3/t14-,15+,25+/m0/s1. The summed E-state index contributed by atoms with van der Waals surface area (Å²) in [6.07, 6.45) is 0.685. The first-order chi connectivity index (χ1) is 11.8. The van der Waals surface area contributed by atoms with E-state index in [1.165, 1.54) is 0 Å². The number of ether oxygens (including phenoxy) is 1. The van der Waals surface area contributed by atoms with Crippen LogP contribution >= 0.6 is 0 Å². The van der Waals surface area contributed by atoms with Crippen LogP contribution < -0.4 is 0 Å². The van der Waals surface area contributed by atoms with Gasteiger partial charge in [-0.15, -0.1) is 4.31 Å². The third-order valence-corrected chi connectivity index (χ3v) is 5.67. The van der Waals surface area contributed by atoms with Crippen molar-refractivity contribution in [1.82, 2.24) is 4.31 Å². The Bertz CT molecular complexity index is 629. The summed E-state index contributed by atoms with van der Waals surface area (Å²) in [4.78, 5) is 14.6. The molecule has 0 spiro atoms. The van der Waals surface area contributed by atoms with E-state index in [0.29, 0.717) is 25.9 Å². The van der Waals surface area contributed by atoms with E-state index in [4.69, 9.17) is 10.3 Å². The van der Waals surface area contributed by atoms with Crippen LogP contribution in [0.2, 0.25) is 0 Å².